The SMILES string of the molecule is CC1CN(Cc2ccc(F)c(C#CCO)c2)CCN1C. The van der Waals surface area contributed by atoms with Crippen molar-refractivity contribution >= 4 is 0 Å². The van der Waals surface area contributed by atoms with Crippen LogP contribution in [0.25, 0.3) is 0 Å². The molecule has 0 aromatic heterocycles. The van der Waals surface area contributed by atoms with Gasteiger partial charge < -0.3 is 10.0 Å². The van der Waals surface area contributed by atoms with Crippen molar-refractivity contribution in [3.8, 4) is 11.8 Å². The fourth-order valence-corrected chi connectivity index (χ4v) is 2.43. The van der Waals surface area contributed by atoms with Crippen LogP contribution in [0.2, 0.25) is 0 Å². The first kappa shape index (κ1) is 15.0. The van der Waals surface area contributed by atoms with Crippen LogP contribution in [0.15, 0.2) is 18.2 Å². The molecule has 0 bridgehead atoms. The summed E-state index contributed by atoms with van der Waals surface area (Å²) in [6, 6.07) is 5.58. The lowest BCUT2D eigenvalue weighted by Crippen LogP contribution is -2.49. The van der Waals surface area contributed by atoms with Gasteiger partial charge in [0.05, 0.1) is 5.56 Å². The van der Waals surface area contributed by atoms with Gasteiger partial charge in [-0.15, -0.1) is 0 Å². The second-order valence-electron chi connectivity index (χ2n) is 5.34. The van der Waals surface area contributed by atoms with Crippen LogP contribution >= 0.6 is 0 Å². The molecule has 108 valence electrons. The van der Waals surface area contributed by atoms with Crippen LogP contribution in [0.3, 0.4) is 0 Å². The van der Waals surface area contributed by atoms with Crippen molar-refractivity contribution in [1.29, 1.82) is 0 Å². The Hall–Kier alpha value is -1.41. The lowest BCUT2D eigenvalue weighted by Gasteiger charge is -2.37. The highest BCUT2D eigenvalue weighted by Crippen LogP contribution is 2.14. The van der Waals surface area contributed by atoms with Crippen LogP contribution in [-0.2, 0) is 6.54 Å². The van der Waals surface area contributed by atoms with E-state index in [1.807, 2.05) is 6.07 Å². The van der Waals surface area contributed by atoms with Crippen molar-refractivity contribution in [2.75, 3.05) is 33.3 Å². The highest BCUT2D eigenvalue weighted by molar-refractivity contribution is 5.38. The van der Waals surface area contributed by atoms with E-state index in [1.54, 1.807) is 6.07 Å². The van der Waals surface area contributed by atoms with Gasteiger partial charge in [0.2, 0.25) is 0 Å². The molecule has 3 nitrogen and oxygen atoms in total. The Morgan fingerprint density at radius 2 is 2.20 bits per heavy atom. The Labute approximate surface area is 120 Å². The Bertz CT molecular complexity index is 521. The molecule has 1 atom stereocenters. The van der Waals surface area contributed by atoms with Gasteiger partial charge in [-0.2, -0.15) is 0 Å². The summed E-state index contributed by atoms with van der Waals surface area (Å²) in [7, 11) is 2.14. The van der Waals surface area contributed by atoms with E-state index >= 15 is 0 Å². The number of benzene rings is 1. The maximum absolute atomic E-state index is 13.6. The van der Waals surface area contributed by atoms with Crippen molar-refractivity contribution in [2.45, 2.75) is 19.5 Å². The van der Waals surface area contributed by atoms with Gasteiger partial charge in [-0.3, -0.25) is 4.90 Å². The molecule has 1 aromatic carbocycles. The maximum atomic E-state index is 13.6. The number of aliphatic hydroxyl groups excluding tert-OH is 1. The molecule has 1 N–H and O–H groups in total. The number of aliphatic hydroxyl groups is 1. The van der Waals surface area contributed by atoms with Crippen molar-refractivity contribution in [3.05, 3.63) is 35.1 Å². The molecule has 1 aliphatic heterocycles. The van der Waals surface area contributed by atoms with Crippen molar-refractivity contribution < 1.29 is 9.50 Å². The summed E-state index contributed by atoms with van der Waals surface area (Å²) in [5.41, 5.74) is 1.42. The Balaban J connectivity index is 2.06. The second kappa shape index (κ2) is 6.85. The van der Waals surface area contributed by atoms with Crippen molar-refractivity contribution in [3.63, 3.8) is 0 Å². The molecule has 4 heteroatoms. The number of piperazine rings is 1. The van der Waals surface area contributed by atoms with Gasteiger partial charge in [-0.25, -0.2) is 4.39 Å². The third kappa shape index (κ3) is 3.80. The number of nitrogens with zero attached hydrogens (tertiary/aromatic N) is 2. The van der Waals surface area contributed by atoms with Crippen LogP contribution in [-0.4, -0.2) is 54.2 Å². The van der Waals surface area contributed by atoms with Gasteiger partial charge in [0.25, 0.3) is 0 Å². The summed E-state index contributed by atoms with van der Waals surface area (Å²) in [5, 5.41) is 8.69. The van der Waals surface area contributed by atoms with E-state index in [2.05, 4.69) is 35.6 Å². The van der Waals surface area contributed by atoms with E-state index in [9.17, 15) is 4.39 Å². The minimum absolute atomic E-state index is 0.250. The quantitative estimate of drug-likeness (QED) is 0.825. The monoisotopic (exact) mass is 276 g/mol. The summed E-state index contributed by atoms with van der Waals surface area (Å²) in [6.45, 7) is 5.88. The molecule has 0 aliphatic carbocycles. The Morgan fingerprint density at radius 3 is 2.90 bits per heavy atom. The fourth-order valence-electron chi connectivity index (χ4n) is 2.43. The molecular formula is C16H21FN2O. The Morgan fingerprint density at radius 1 is 1.40 bits per heavy atom. The molecule has 1 fully saturated rings. The lowest BCUT2D eigenvalue weighted by atomic mass is 10.1. The summed E-state index contributed by atoms with van der Waals surface area (Å²) in [6.07, 6.45) is 0. The lowest BCUT2D eigenvalue weighted by molar-refractivity contribution is 0.1000. The fraction of sp³-hybridized carbons (Fsp3) is 0.500. The van der Waals surface area contributed by atoms with E-state index in [-0.39, 0.29) is 12.4 Å². The first-order chi connectivity index (χ1) is 9.60. The van der Waals surface area contributed by atoms with Gasteiger partial charge in [0, 0.05) is 32.2 Å². The minimum Gasteiger partial charge on any atom is -0.384 e. The maximum Gasteiger partial charge on any atom is 0.138 e. The average Bonchev–Trinajstić information content (AvgIpc) is 2.43. The number of hydrogen-bond acceptors (Lipinski definition) is 3. The van der Waals surface area contributed by atoms with E-state index in [4.69, 9.17) is 5.11 Å². The topological polar surface area (TPSA) is 26.7 Å². The molecular weight excluding hydrogens is 255 g/mol. The summed E-state index contributed by atoms with van der Waals surface area (Å²) < 4.78 is 13.6. The second-order valence-corrected chi connectivity index (χ2v) is 5.34. The first-order valence-electron chi connectivity index (χ1n) is 6.91. The van der Waals surface area contributed by atoms with Crippen LogP contribution < -0.4 is 0 Å². The smallest absolute Gasteiger partial charge is 0.138 e. The van der Waals surface area contributed by atoms with E-state index in [0.29, 0.717) is 11.6 Å². The van der Waals surface area contributed by atoms with Crippen LogP contribution in [0, 0.1) is 17.7 Å². The predicted octanol–water partition coefficient (Wildman–Crippen LogP) is 1.31. The molecule has 0 spiro atoms. The summed E-state index contributed by atoms with van der Waals surface area (Å²) in [5.74, 6) is 4.82. The van der Waals surface area contributed by atoms with Gasteiger partial charge in [-0.05, 0) is 31.7 Å². The van der Waals surface area contributed by atoms with Gasteiger partial charge >= 0.3 is 0 Å². The third-order valence-electron chi connectivity index (χ3n) is 3.78. The minimum atomic E-state index is -0.332. The molecule has 1 aliphatic rings. The van der Waals surface area contributed by atoms with E-state index in [0.717, 1.165) is 31.7 Å². The van der Waals surface area contributed by atoms with Crippen molar-refractivity contribution in [1.82, 2.24) is 9.80 Å². The molecule has 1 unspecified atom stereocenters. The third-order valence-corrected chi connectivity index (χ3v) is 3.78. The molecule has 20 heavy (non-hydrogen) atoms. The van der Waals surface area contributed by atoms with Gasteiger partial charge in [-0.1, -0.05) is 17.9 Å². The zero-order valence-corrected chi connectivity index (χ0v) is 12.1. The standard InChI is InChI=1S/C16H21FN2O/c1-13-11-19(8-7-18(13)2)12-14-5-6-16(17)15(10-14)4-3-9-20/h5-6,10,13,20H,7-9,11-12H2,1-2H3. The Kier molecular flexibility index (Phi) is 5.13. The number of halogens is 1. The average molecular weight is 276 g/mol. The number of likely N-dealkylation sites (N-methyl/N-ethyl adjacent to an activating group) is 1. The summed E-state index contributed by atoms with van der Waals surface area (Å²) >= 11 is 0. The summed E-state index contributed by atoms with van der Waals surface area (Å²) in [4.78, 5) is 4.72. The largest absolute Gasteiger partial charge is 0.384 e. The molecule has 0 saturated carbocycles. The highest BCUT2D eigenvalue weighted by atomic mass is 19.1. The first-order valence-corrected chi connectivity index (χ1v) is 6.91. The zero-order chi connectivity index (χ0) is 14.5. The highest BCUT2D eigenvalue weighted by Gasteiger charge is 2.20. The van der Waals surface area contributed by atoms with E-state index in [1.165, 1.54) is 6.07 Å². The normalized spacial score (nSPS) is 20.5. The molecule has 1 heterocycles. The predicted molar refractivity (Wildman–Crippen MR) is 77.7 cm³/mol. The molecule has 2 rings (SSSR count). The number of rotatable bonds is 2. The van der Waals surface area contributed by atoms with Crippen LogP contribution in [0.4, 0.5) is 4.39 Å². The molecule has 0 radical (unpaired) electrons. The van der Waals surface area contributed by atoms with E-state index < -0.39 is 0 Å². The zero-order valence-electron chi connectivity index (χ0n) is 12.1. The number of hydrogen-bond donors (Lipinski definition) is 1. The molecule has 0 amide bonds. The van der Waals surface area contributed by atoms with Crippen LogP contribution in [0.5, 0.6) is 0 Å². The molecule has 1 saturated heterocycles. The van der Waals surface area contributed by atoms with Gasteiger partial charge in [0.15, 0.2) is 0 Å². The van der Waals surface area contributed by atoms with Crippen LogP contribution in [0.1, 0.15) is 18.1 Å². The van der Waals surface area contributed by atoms with Crippen molar-refractivity contribution in [2.24, 2.45) is 0 Å². The molecule has 1 aromatic rings. The van der Waals surface area contributed by atoms with Gasteiger partial charge in [0.1, 0.15) is 12.4 Å².